The molecule has 29 heavy (non-hydrogen) atoms. The van der Waals surface area contributed by atoms with Gasteiger partial charge in [-0.1, -0.05) is 24.3 Å². The molecule has 7 heteroatoms. The lowest BCUT2D eigenvalue weighted by Gasteiger charge is -2.29. The number of imidazole rings is 1. The number of benzene rings is 1. The van der Waals surface area contributed by atoms with Crippen molar-refractivity contribution in [3.8, 4) is 0 Å². The van der Waals surface area contributed by atoms with Crippen molar-refractivity contribution in [1.29, 1.82) is 0 Å². The van der Waals surface area contributed by atoms with Gasteiger partial charge in [-0.25, -0.2) is 10.1 Å². The molecule has 0 saturated heterocycles. The van der Waals surface area contributed by atoms with E-state index >= 15 is 0 Å². The smallest absolute Gasteiger partial charge is 0.272 e. The predicted octanol–water partition coefficient (Wildman–Crippen LogP) is 3.03. The van der Waals surface area contributed by atoms with Crippen LogP contribution in [0.5, 0.6) is 0 Å². The summed E-state index contributed by atoms with van der Waals surface area (Å²) in [5.74, 6) is 0.181. The predicted molar refractivity (Wildman–Crippen MR) is 110 cm³/mol. The van der Waals surface area contributed by atoms with Crippen LogP contribution in [0, 0.1) is 0 Å². The summed E-state index contributed by atoms with van der Waals surface area (Å²) in [5.41, 5.74) is 2.11. The van der Waals surface area contributed by atoms with Crippen LogP contribution in [0.4, 0.5) is 0 Å². The number of aromatic amines is 1. The molecule has 0 aliphatic heterocycles. The number of aromatic nitrogens is 4. The number of rotatable bonds is 3. The van der Waals surface area contributed by atoms with Gasteiger partial charge in [0.1, 0.15) is 11.3 Å². The van der Waals surface area contributed by atoms with E-state index in [1.165, 1.54) is 0 Å². The molecule has 4 aromatic rings. The maximum atomic E-state index is 12.7. The van der Waals surface area contributed by atoms with Gasteiger partial charge in [0.05, 0.1) is 17.3 Å². The van der Waals surface area contributed by atoms with Gasteiger partial charge < -0.3 is 5.32 Å². The van der Waals surface area contributed by atoms with E-state index in [0.29, 0.717) is 11.1 Å². The highest BCUT2D eigenvalue weighted by Crippen LogP contribution is 2.34. The zero-order chi connectivity index (χ0) is 19.8. The Balaban J connectivity index is 1.29. The van der Waals surface area contributed by atoms with Crippen LogP contribution >= 0.6 is 0 Å². The Labute approximate surface area is 166 Å². The van der Waals surface area contributed by atoms with Crippen LogP contribution in [-0.2, 0) is 0 Å². The van der Waals surface area contributed by atoms with Gasteiger partial charge in [-0.15, -0.1) is 0 Å². The number of pyridine rings is 1. The van der Waals surface area contributed by atoms with Gasteiger partial charge in [0.15, 0.2) is 0 Å². The third-order valence-electron chi connectivity index (χ3n) is 5.82. The molecule has 3 heterocycles. The molecule has 1 aromatic carbocycles. The van der Waals surface area contributed by atoms with Crippen molar-refractivity contribution in [2.24, 2.45) is 0 Å². The number of carbonyl (C=O) groups excluding carboxylic acids is 1. The van der Waals surface area contributed by atoms with Crippen molar-refractivity contribution in [2.75, 3.05) is 0 Å². The van der Waals surface area contributed by atoms with Gasteiger partial charge in [0.2, 0.25) is 0 Å². The molecule has 0 radical (unpaired) electrons. The van der Waals surface area contributed by atoms with E-state index in [4.69, 9.17) is 0 Å². The quantitative estimate of drug-likeness (QED) is 0.565. The fourth-order valence-corrected chi connectivity index (χ4v) is 4.32. The highest BCUT2D eigenvalue weighted by atomic mass is 16.2. The van der Waals surface area contributed by atoms with E-state index in [1.54, 1.807) is 10.6 Å². The Morgan fingerprint density at radius 1 is 1.03 bits per heavy atom. The third kappa shape index (κ3) is 3.18. The van der Waals surface area contributed by atoms with Crippen LogP contribution in [0.3, 0.4) is 0 Å². The summed E-state index contributed by atoms with van der Waals surface area (Å²) >= 11 is 0. The van der Waals surface area contributed by atoms with E-state index in [0.717, 1.165) is 42.4 Å². The normalized spacial score (nSPS) is 19.4. The second-order valence-electron chi connectivity index (χ2n) is 7.58. The van der Waals surface area contributed by atoms with Crippen molar-refractivity contribution in [2.45, 2.75) is 37.6 Å². The van der Waals surface area contributed by atoms with Crippen LogP contribution in [0.2, 0.25) is 0 Å². The first-order valence-electron chi connectivity index (χ1n) is 9.91. The first-order valence-corrected chi connectivity index (χ1v) is 9.91. The van der Waals surface area contributed by atoms with E-state index in [1.807, 2.05) is 48.7 Å². The second kappa shape index (κ2) is 7.16. The molecule has 1 aliphatic rings. The van der Waals surface area contributed by atoms with E-state index in [-0.39, 0.29) is 23.4 Å². The van der Waals surface area contributed by atoms with Crippen LogP contribution in [-0.4, -0.2) is 31.5 Å². The summed E-state index contributed by atoms with van der Waals surface area (Å²) in [6, 6.07) is 13.4. The summed E-state index contributed by atoms with van der Waals surface area (Å²) < 4.78 is 1.80. The van der Waals surface area contributed by atoms with Gasteiger partial charge in [0, 0.05) is 23.5 Å². The largest absolute Gasteiger partial charge is 0.348 e. The molecule has 1 fully saturated rings. The summed E-state index contributed by atoms with van der Waals surface area (Å²) in [6.45, 7) is 0. The summed E-state index contributed by atoms with van der Waals surface area (Å²) in [5, 5.41) is 11.7. The number of nitrogens with zero attached hydrogens (tertiary/aromatic N) is 3. The summed E-state index contributed by atoms with van der Waals surface area (Å²) in [7, 11) is 0. The lowest BCUT2D eigenvalue weighted by molar-refractivity contribution is 0.0919. The number of hydrogen-bond acceptors (Lipinski definition) is 4. The number of H-pyrrole nitrogens is 1. The number of amides is 1. The van der Waals surface area contributed by atoms with Gasteiger partial charge in [-0.2, -0.15) is 5.10 Å². The van der Waals surface area contributed by atoms with Gasteiger partial charge >= 0.3 is 0 Å². The Hall–Kier alpha value is -3.48. The van der Waals surface area contributed by atoms with Crippen LogP contribution in [0.15, 0.2) is 59.7 Å². The molecule has 1 aliphatic carbocycles. The minimum absolute atomic E-state index is 0.0974. The Morgan fingerprint density at radius 2 is 1.79 bits per heavy atom. The highest BCUT2D eigenvalue weighted by molar-refractivity contribution is 5.93. The fourth-order valence-electron chi connectivity index (χ4n) is 4.32. The maximum Gasteiger partial charge on any atom is 0.272 e. The van der Waals surface area contributed by atoms with E-state index < -0.39 is 0 Å². The van der Waals surface area contributed by atoms with Crippen LogP contribution in [0.1, 0.15) is 47.8 Å². The topological polar surface area (TPSA) is 92.1 Å². The Bertz CT molecular complexity index is 1250. The number of hydrogen-bond donors (Lipinski definition) is 2. The molecular weight excluding hydrogens is 366 g/mol. The van der Waals surface area contributed by atoms with Gasteiger partial charge in [-0.3, -0.25) is 14.0 Å². The minimum Gasteiger partial charge on any atom is -0.348 e. The average Bonchev–Trinajstić information content (AvgIpc) is 3.19. The minimum atomic E-state index is -0.154. The lowest BCUT2D eigenvalue weighted by Crippen LogP contribution is -2.38. The third-order valence-corrected chi connectivity index (χ3v) is 5.82. The van der Waals surface area contributed by atoms with Crippen molar-refractivity contribution in [3.63, 3.8) is 0 Å². The first kappa shape index (κ1) is 17.6. The summed E-state index contributed by atoms with van der Waals surface area (Å²) in [6.07, 6.45) is 7.06. The monoisotopic (exact) mass is 387 g/mol. The number of fused-ring (bicyclic) bond motifs is 2. The summed E-state index contributed by atoms with van der Waals surface area (Å²) in [4.78, 5) is 29.0. The van der Waals surface area contributed by atoms with Gasteiger partial charge in [-0.05, 0) is 43.9 Å². The average molecular weight is 387 g/mol. The SMILES string of the molecule is O=C(NC1CCC(c2n[nH]c(=O)c3ccccc23)CC1)c1cnc2ccccn12. The molecule has 0 unspecified atom stereocenters. The molecule has 5 rings (SSSR count). The molecule has 3 aromatic heterocycles. The maximum absolute atomic E-state index is 12.7. The van der Waals surface area contributed by atoms with Crippen molar-refractivity contribution in [1.82, 2.24) is 24.9 Å². The first-order chi connectivity index (χ1) is 14.2. The highest BCUT2D eigenvalue weighted by Gasteiger charge is 2.27. The molecule has 0 spiro atoms. The van der Waals surface area contributed by atoms with E-state index in [2.05, 4.69) is 20.5 Å². The van der Waals surface area contributed by atoms with Gasteiger partial charge in [0.25, 0.3) is 11.5 Å². The Kier molecular flexibility index (Phi) is 4.35. The molecule has 0 atom stereocenters. The zero-order valence-corrected chi connectivity index (χ0v) is 15.8. The number of nitrogens with one attached hydrogen (secondary N) is 2. The molecule has 146 valence electrons. The molecule has 7 nitrogen and oxygen atoms in total. The molecule has 1 amide bonds. The zero-order valence-electron chi connectivity index (χ0n) is 15.8. The lowest BCUT2D eigenvalue weighted by atomic mass is 9.82. The number of carbonyl (C=O) groups is 1. The van der Waals surface area contributed by atoms with Crippen LogP contribution in [0.25, 0.3) is 16.4 Å². The van der Waals surface area contributed by atoms with Crippen molar-refractivity contribution >= 4 is 22.3 Å². The van der Waals surface area contributed by atoms with Crippen molar-refractivity contribution < 1.29 is 4.79 Å². The molecule has 0 bridgehead atoms. The van der Waals surface area contributed by atoms with Crippen LogP contribution < -0.4 is 10.9 Å². The van der Waals surface area contributed by atoms with E-state index in [9.17, 15) is 9.59 Å². The standard InChI is InChI=1S/C22H21N5O2/c28-21-17-6-2-1-5-16(17)20(25-26-21)14-8-10-15(11-9-14)24-22(29)18-13-23-19-7-3-4-12-27(18)19/h1-7,12-15H,8-11H2,(H,24,29)(H,26,28). The molecule has 2 N–H and O–H groups in total. The van der Waals surface area contributed by atoms with Crippen molar-refractivity contribution in [3.05, 3.63) is 76.6 Å². The fraction of sp³-hybridized carbons (Fsp3) is 0.273. The Morgan fingerprint density at radius 3 is 2.62 bits per heavy atom. The molecule has 1 saturated carbocycles. The second-order valence-corrected chi connectivity index (χ2v) is 7.58. The molecular formula is C22H21N5O2.